The molecule has 1 saturated heterocycles. The molecular formula is C15H20N2O3S. The van der Waals surface area contributed by atoms with Crippen LogP contribution in [-0.4, -0.2) is 38.9 Å². The third kappa shape index (κ3) is 4.15. The van der Waals surface area contributed by atoms with Gasteiger partial charge in [0.05, 0.1) is 0 Å². The summed E-state index contributed by atoms with van der Waals surface area (Å²) in [5.74, 6) is 0.151. The predicted octanol–water partition coefficient (Wildman–Crippen LogP) is 1.52. The molecule has 6 heteroatoms. The van der Waals surface area contributed by atoms with E-state index in [1.54, 1.807) is 4.90 Å². The highest BCUT2D eigenvalue weighted by molar-refractivity contribution is 7.92. The van der Waals surface area contributed by atoms with Crippen LogP contribution in [0.2, 0.25) is 0 Å². The zero-order valence-corrected chi connectivity index (χ0v) is 12.9. The second kappa shape index (κ2) is 6.41. The van der Waals surface area contributed by atoms with E-state index in [0.29, 0.717) is 25.2 Å². The van der Waals surface area contributed by atoms with Gasteiger partial charge in [-0.25, -0.2) is 13.1 Å². The Balaban J connectivity index is 1.91. The second-order valence-electron chi connectivity index (χ2n) is 5.33. The van der Waals surface area contributed by atoms with E-state index in [1.165, 1.54) is 0 Å². The third-order valence-electron chi connectivity index (χ3n) is 3.66. The summed E-state index contributed by atoms with van der Waals surface area (Å²) in [5, 5.41) is 0.900. The van der Waals surface area contributed by atoms with Gasteiger partial charge in [0.15, 0.2) is 0 Å². The summed E-state index contributed by atoms with van der Waals surface area (Å²) < 4.78 is 25.1. The molecule has 114 valence electrons. The lowest BCUT2D eigenvalue weighted by molar-refractivity contribution is 0.0787. The molecule has 0 bridgehead atoms. The molecule has 1 aromatic rings. The number of nitrogens with one attached hydrogen (secondary N) is 1. The van der Waals surface area contributed by atoms with Crippen LogP contribution in [0.3, 0.4) is 0 Å². The highest BCUT2D eigenvalue weighted by Crippen LogP contribution is 2.18. The number of carbonyl (C=O) groups is 1. The minimum atomic E-state index is -3.39. The minimum Gasteiger partial charge on any atom is -0.338 e. The number of hydrogen-bond acceptors (Lipinski definition) is 3. The summed E-state index contributed by atoms with van der Waals surface area (Å²) in [5.41, 5.74) is 1.79. The number of benzene rings is 1. The lowest BCUT2D eigenvalue weighted by Gasteiger charge is -2.17. The van der Waals surface area contributed by atoms with E-state index in [1.807, 2.05) is 31.2 Å². The molecule has 1 aromatic carbocycles. The van der Waals surface area contributed by atoms with Crippen LogP contribution in [0.15, 0.2) is 36.3 Å². The molecule has 0 aromatic heterocycles. The summed E-state index contributed by atoms with van der Waals surface area (Å²) in [6.45, 7) is 6.81. The standard InChI is InChI=1S/C15H20N2O3S/c1-3-21(19,20)16-10-13-8-9-17(11-13)15(18)14-6-4-12(2)5-7-14/h3-7,13,16H,1,8-11H2,2H3/t13-/m1/s1. The molecule has 1 heterocycles. The van der Waals surface area contributed by atoms with Crippen molar-refractivity contribution in [2.45, 2.75) is 13.3 Å². The lowest BCUT2D eigenvalue weighted by Crippen LogP contribution is -2.32. The maximum Gasteiger partial charge on any atom is 0.253 e. The number of sulfonamides is 1. The Hall–Kier alpha value is -1.66. The third-order valence-corrected chi connectivity index (χ3v) is 4.67. The summed E-state index contributed by atoms with van der Waals surface area (Å²) in [4.78, 5) is 14.1. The van der Waals surface area contributed by atoms with Crippen LogP contribution < -0.4 is 4.72 Å². The van der Waals surface area contributed by atoms with E-state index in [4.69, 9.17) is 0 Å². The van der Waals surface area contributed by atoms with Crippen LogP contribution in [0.4, 0.5) is 0 Å². The fourth-order valence-electron chi connectivity index (χ4n) is 2.36. The first-order valence-corrected chi connectivity index (χ1v) is 8.44. The van der Waals surface area contributed by atoms with Crippen LogP contribution in [0.25, 0.3) is 0 Å². The van der Waals surface area contributed by atoms with Crippen LogP contribution >= 0.6 is 0 Å². The van der Waals surface area contributed by atoms with Crippen molar-refractivity contribution in [3.8, 4) is 0 Å². The smallest absolute Gasteiger partial charge is 0.253 e. The van der Waals surface area contributed by atoms with Crippen LogP contribution in [0.5, 0.6) is 0 Å². The van der Waals surface area contributed by atoms with Crippen molar-refractivity contribution in [2.75, 3.05) is 19.6 Å². The fourth-order valence-corrected chi connectivity index (χ4v) is 2.94. The second-order valence-corrected chi connectivity index (χ2v) is 7.04. The fraction of sp³-hybridized carbons (Fsp3) is 0.400. The molecule has 21 heavy (non-hydrogen) atoms. The maximum absolute atomic E-state index is 12.3. The van der Waals surface area contributed by atoms with Crippen molar-refractivity contribution in [1.82, 2.24) is 9.62 Å². The van der Waals surface area contributed by atoms with Gasteiger partial charge in [-0.05, 0) is 31.4 Å². The molecular weight excluding hydrogens is 288 g/mol. The van der Waals surface area contributed by atoms with Gasteiger partial charge in [0.25, 0.3) is 5.91 Å². The van der Waals surface area contributed by atoms with E-state index in [-0.39, 0.29) is 11.8 Å². The summed E-state index contributed by atoms with van der Waals surface area (Å²) >= 11 is 0. The molecule has 0 aliphatic carbocycles. The number of aryl methyl sites for hydroxylation is 1. The van der Waals surface area contributed by atoms with Gasteiger partial charge in [-0.3, -0.25) is 4.79 Å². The molecule has 1 atom stereocenters. The molecule has 1 amide bonds. The van der Waals surface area contributed by atoms with Gasteiger partial charge in [0.2, 0.25) is 10.0 Å². The predicted molar refractivity (Wildman–Crippen MR) is 82.3 cm³/mol. The number of rotatable bonds is 5. The first-order chi connectivity index (χ1) is 9.91. The average molecular weight is 308 g/mol. The maximum atomic E-state index is 12.3. The lowest BCUT2D eigenvalue weighted by atomic mass is 10.1. The Morgan fingerprint density at radius 2 is 2.10 bits per heavy atom. The van der Waals surface area contributed by atoms with Crippen molar-refractivity contribution >= 4 is 15.9 Å². The van der Waals surface area contributed by atoms with Gasteiger partial charge in [-0.15, -0.1) is 0 Å². The highest BCUT2D eigenvalue weighted by atomic mass is 32.2. The van der Waals surface area contributed by atoms with Gasteiger partial charge in [0, 0.05) is 30.6 Å². The number of amides is 1. The molecule has 0 unspecified atom stereocenters. The molecule has 0 saturated carbocycles. The molecule has 1 fully saturated rings. The number of carbonyl (C=O) groups excluding carboxylic acids is 1. The Labute approximate surface area is 125 Å². The SMILES string of the molecule is C=CS(=O)(=O)NC[C@H]1CCN(C(=O)c2ccc(C)cc2)C1. The van der Waals surface area contributed by atoms with E-state index in [2.05, 4.69) is 11.3 Å². The zero-order valence-electron chi connectivity index (χ0n) is 12.1. The Bertz CT molecular complexity index is 623. The largest absolute Gasteiger partial charge is 0.338 e. The van der Waals surface area contributed by atoms with E-state index >= 15 is 0 Å². The normalized spacial score (nSPS) is 18.7. The van der Waals surface area contributed by atoms with Gasteiger partial charge in [0.1, 0.15) is 0 Å². The van der Waals surface area contributed by atoms with Crippen molar-refractivity contribution in [3.05, 3.63) is 47.4 Å². The molecule has 0 radical (unpaired) electrons. The van der Waals surface area contributed by atoms with E-state index in [0.717, 1.165) is 17.4 Å². The summed E-state index contributed by atoms with van der Waals surface area (Å²) in [6, 6.07) is 7.48. The van der Waals surface area contributed by atoms with Crippen LogP contribution in [0, 0.1) is 12.8 Å². The monoisotopic (exact) mass is 308 g/mol. The Kier molecular flexibility index (Phi) is 4.80. The van der Waals surface area contributed by atoms with Crippen molar-refractivity contribution in [1.29, 1.82) is 0 Å². The number of likely N-dealkylation sites (tertiary alicyclic amines) is 1. The Morgan fingerprint density at radius 3 is 2.71 bits per heavy atom. The quantitative estimate of drug-likeness (QED) is 0.897. The summed E-state index contributed by atoms with van der Waals surface area (Å²) in [7, 11) is -3.39. The van der Waals surface area contributed by atoms with Crippen LogP contribution in [0.1, 0.15) is 22.3 Å². The number of hydrogen-bond donors (Lipinski definition) is 1. The van der Waals surface area contributed by atoms with Gasteiger partial charge in [-0.1, -0.05) is 24.3 Å². The first-order valence-electron chi connectivity index (χ1n) is 6.89. The number of nitrogens with zero attached hydrogens (tertiary/aromatic N) is 1. The molecule has 0 spiro atoms. The van der Waals surface area contributed by atoms with Crippen LogP contribution in [-0.2, 0) is 10.0 Å². The molecule has 5 nitrogen and oxygen atoms in total. The molecule has 1 aliphatic heterocycles. The molecule has 2 rings (SSSR count). The highest BCUT2D eigenvalue weighted by Gasteiger charge is 2.27. The molecule has 1 aliphatic rings. The average Bonchev–Trinajstić information content (AvgIpc) is 2.94. The first kappa shape index (κ1) is 15.7. The molecule has 1 N–H and O–H groups in total. The van der Waals surface area contributed by atoms with Gasteiger partial charge >= 0.3 is 0 Å². The zero-order chi connectivity index (χ0) is 15.5. The Morgan fingerprint density at radius 1 is 1.43 bits per heavy atom. The van der Waals surface area contributed by atoms with Gasteiger partial charge < -0.3 is 4.90 Å². The van der Waals surface area contributed by atoms with Crippen molar-refractivity contribution in [3.63, 3.8) is 0 Å². The minimum absolute atomic E-state index is 0.00378. The summed E-state index contributed by atoms with van der Waals surface area (Å²) in [6.07, 6.45) is 0.803. The van der Waals surface area contributed by atoms with E-state index < -0.39 is 10.0 Å². The van der Waals surface area contributed by atoms with E-state index in [9.17, 15) is 13.2 Å². The van der Waals surface area contributed by atoms with Crippen molar-refractivity contribution in [2.24, 2.45) is 5.92 Å². The van der Waals surface area contributed by atoms with Crippen molar-refractivity contribution < 1.29 is 13.2 Å². The van der Waals surface area contributed by atoms with Gasteiger partial charge in [-0.2, -0.15) is 0 Å². The topological polar surface area (TPSA) is 66.5 Å².